The molecular formula is C15H20N2O. The molecule has 0 amide bonds. The van der Waals surface area contributed by atoms with Crippen molar-refractivity contribution in [2.75, 3.05) is 6.54 Å². The van der Waals surface area contributed by atoms with Crippen molar-refractivity contribution < 1.29 is 0 Å². The Kier molecular flexibility index (Phi) is 2.37. The Morgan fingerprint density at radius 3 is 2.72 bits per heavy atom. The van der Waals surface area contributed by atoms with E-state index in [1.807, 2.05) is 12.3 Å². The van der Waals surface area contributed by atoms with Crippen molar-refractivity contribution in [1.82, 2.24) is 9.88 Å². The Hall–Kier alpha value is -1.09. The molecule has 0 saturated heterocycles. The van der Waals surface area contributed by atoms with Crippen LogP contribution in [0.2, 0.25) is 0 Å². The van der Waals surface area contributed by atoms with Gasteiger partial charge < -0.3 is 9.88 Å². The van der Waals surface area contributed by atoms with Crippen LogP contribution in [0.5, 0.6) is 0 Å². The van der Waals surface area contributed by atoms with Gasteiger partial charge in [-0.05, 0) is 49.0 Å². The smallest absolute Gasteiger partial charge is 0.250 e. The maximum Gasteiger partial charge on any atom is 0.250 e. The summed E-state index contributed by atoms with van der Waals surface area (Å²) in [4.78, 5) is 11.6. The molecule has 0 aromatic carbocycles. The lowest BCUT2D eigenvalue weighted by Crippen LogP contribution is -2.29. The maximum absolute atomic E-state index is 11.6. The van der Waals surface area contributed by atoms with Gasteiger partial charge in [-0.3, -0.25) is 4.79 Å². The minimum Gasteiger partial charge on any atom is -0.314 e. The molecule has 18 heavy (non-hydrogen) atoms. The lowest BCUT2D eigenvalue weighted by Gasteiger charge is -2.11. The number of aromatic nitrogens is 1. The molecule has 2 bridgehead atoms. The van der Waals surface area contributed by atoms with Gasteiger partial charge in [0.15, 0.2) is 0 Å². The lowest BCUT2D eigenvalue weighted by atomic mass is 10.0. The van der Waals surface area contributed by atoms with Crippen LogP contribution in [0.1, 0.15) is 19.3 Å². The molecule has 4 rings (SSSR count). The number of hydrogen-bond acceptors (Lipinski definition) is 2. The molecule has 0 radical (unpaired) electrons. The molecule has 3 nitrogen and oxygen atoms in total. The van der Waals surface area contributed by atoms with Crippen molar-refractivity contribution in [3.63, 3.8) is 0 Å². The van der Waals surface area contributed by atoms with E-state index < -0.39 is 0 Å². The van der Waals surface area contributed by atoms with Crippen LogP contribution >= 0.6 is 0 Å². The number of pyridine rings is 1. The fourth-order valence-corrected chi connectivity index (χ4v) is 4.60. The van der Waals surface area contributed by atoms with Gasteiger partial charge in [-0.1, -0.05) is 6.07 Å². The highest BCUT2D eigenvalue weighted by molar-refractivity contribution is 5.16. The molecule has 3 saturated carbocycles. The summed E-state index contributed by atoms with van der Waals surface area (Å²) in [6.07, 6.45) is 6.33. The molecule has 96 valence electrons. The van der Waals surface area contributed by atoms with Gasteiger partial charge in [-0.15, -0.1) is 0 Å². The predicted molar refractivity (Wildman–Crippen MR) is 70.3 cm³/mol. The van der Waals surface area contributed by atoms with Crippen LogP contribution in [-0.2, 0) is 6.54 Å². The van der Waals surface area contributed by atoms with Crippen LogP contribution in [0, 0.1) is 23.7 Å². The first-order valence-electron chi connectivity index (χ1n) is 7.23. The van der Waals surface area contributed by atoms with Gasteiger partial charge in [-0.25, -0.2) is 0 Å². The van der Waals surface area contributed by atoms with Crippen LogP contribution in [0.3, 0.4) is 0 Å². The maximum atomic E-state index is 11.6. The Morgan fingerprint density at radius 2 is 2.00 bits per heavy atom. The first kappa shape index (κ1) is 10.8. The average Bonchev–Trinajstić information content (AvgIpc) is 2.79. The number of hydrogen-bond donors (Lipinski definition) is 1. The van der Waals surface area contributed by atoms with Crippen LogP contribution in [0.15, 0.2) is 29.2 Å². The minimum atomic E-state index is 0.107. The molecule has 4 unspecified atom stereocenters. The predicted octanol–water partition coefficient (Wildman–Crippen LogP) is 1.48. The molecule has 1 aromatic rings. The summed E-state index contributed by atoms with van der Waals surface area (Å²) >= 11 is 0. The van der Waals surface area contributed by atoms with Crippen molar-refractivity contribution in [1.29, 1.82) is 0 Å². The highest BCUT2D eigenvalue weighted by Gasteiger charge is 2.64. The van der Waals surface area contributed by atoms with Crippen LogP contribution in [-0.4, -0.2) is 17.2 Å². The van der Waals surface area contributed by atoms with Crippen molar-refractivity contribution in [2.45, 2.75) is 31.8 Å². The van der Waals surface area contributed by atoms with Gasteiger partial charge in [-0.2, -0.15) is 0 Å². The molecule has 3 aliphatic carbocycles. The summed E-state index contributed by atoms with van der Waals surface area (Å²) in [5.74, 6) is 4.02. The SMILES string of the molecule is O=c1ccccn1CCNC1C2C3CCC(C3)C12. The van der Waals surface area contributed by atoms with Gasteiger partial charge >= 0.3 is 0 Å². The molecule has 1 heterocycles. The molecule has 0 spiro atoms. The second-order valence-corrected chi connectivity index (χ2v) is 6.20. The van der Waals surface area contributed by atoms with E-state index in [-0.39, 0.29) is 5.56 Å². The summed E-state index contributed by atoms with van der Waals surface area (Å²) in [5.41, 5.74) is 0.107. The summed E-state index contributed by atoms with van der Waals surface area (Å²) < 4.78 is 1.79. The molecule has 3 heteroatoms. The third-order valence-corrected chi connectivity index (χ3v) is 5.37. The highest BCUT2D eigenvalue weighted by atomic mass is 16.1. The summed E-state index contributed by atoms with van der Waals surface area (Å²) in [6.45, 7) is 1.73. The zero-order valence-corrected chi connectivity index (χ0v) is 10.6. The number of nitrogens with one attached hydrogen (secondary N) is 1. The molecular weight excluding hydrogens is 224 g/mol. The lowest BCUT2D eigenvalue weighted by molar-refractivity contribution is 0.452. The molecule has 0 aliphatic heterocycles. The summed E-state index contributed by atoms with van der Waals surface area (Å²) in [5, 5.41) is 3.68. The van der Waals surface area contributed by atoms with Crippen molar-refractivity contribution in [2.24, 2.45) is 23.7 Å². The minimum absolute atomic E-state index is 0.107. The normalized spacial score (nSPS) is 39.9. The number of nitrogens with zero attached hydrogens (tertiary/aromatic N) is 1. The highest BCUT2D eigenvalue weighted by Crippen LogP contribution is 2.65. The van der Waals surface area contributed by atoms with E-state index in [2.05, 4.69) is 5.32 Å². The van der Waals surface area contributed by atoms with Crippen LogP contribution in [0.25, 0.3) is 0 Å². The first-order chi connectivity index (χ1) is 8.84. The molecule has 3 aliphatic rings. The van der Waals surface area contributed by atoms with E-state index in [1.165, 1.54) is 19.3 Å². The molecule has 1 N–H and O–H groups in total. The Labute approximate surface area is 107 Å². The van der Waals surface area contributed by atoms with Gasteiger partial charge in [0.1, 0.15) is 0 Å². The number of fused-ring (bicyclic) bond motifs is 5. The molecule has 3 fully saturated rings. The van der Waals surface area contributed by atoms with Gasteiger partial charge in [0, 0.05) is 31.4 Å². The summed E-state index contributed by atoms with van der Waals surface area (Å²) in [7, 11) is 0. The zero-order valence-electron chi connectivity index (χ0n) is 10.6. The Bertz CT molecular complexity index is 493. The first-order valence-corrected chi connectivity index (χ1v) is 7.23. The van der Waals surface area contributed by atoms with E-state index in [0.717, 1.165) is 42.8 Å². The van der Waals surface area contributed by atoms with Crippen LogP contribution < -0.4 is 10.9 Å². The van der Waals surface area contributed by atoms with Gasteiger partial charge in [0.2, 0.25) is 0 Å². The number of rotatable bonds is 4. The average molecular weight is 244 g/mol. The molecule has 4 atom stereocenters. The summed E-state index contributed by atoms with van der Waals surface area (Å²) in [6, 6.07) is 6.13. The largest absolute Gasteiger partial charge is 0.314 e. The van der Waals surface area contributed by atoms with E-state index >= 15 is 0 Å². The van der Waals surface area contributed by atoms with E-state index in [0.29, 0.717) is 0 Å². The topological polar surface area (TPSA) is 34.0 Å². The fraction of sp³-hybridized carbons (Fsp3) is 0.667. The standard InChI is InChI=1S/C15H20N2O/c18-12-3-1-2-7-17(12)8-6-16-15-13-10-4-5-11(9-10)14(13)15/h1-3,7,10-11,13-16H,4-6,8-9H2. The quantitative estimate of drug-likeness (QED) is 0.870. The van der Waals surface area contributed by atoms with E-state index in [1.54, 1.807) is 16.7 Å². The third-order valence-electron chi connectivity index (χ3n) is 5.37. The van der Waals surface area contributed by atoms with Crippen LogP contribution in [0.4, 0.5) is 0 Å². The monoisotopic (exact) mass is 244 g/mol. The fourth-order valence-electron chi connectivity index (χ4n) is 4.60. The third kappa shape index (κ3) is 1.57. The Morgan fingerprint density at radius 1 is 1.22 bits per heavy atom. The second-order valence-electron chi connectivity index (χ2n) is 6.20. The second kappa shape index (κ2) is 3.95. The molecule has 1 aromatic heterocycles. The van der Waals surface area contributed by atoms with Crippen molar-refractivity contribution in [3.05, 3.63) is 34.7 Å². The Balaban J connectivity index is 1.31. The van der Waals surface area contributed by atoms with Gasteiger partial charge in [0.25, 0.3) is 5.56 Å². The van der Waals surface area contributed by atoms with Crippen molar-refractivity contribution in [3.8, 4) is 0 Å². The van der Waals surface area contributed by atoms with E-state index in [4.69, 9.17) is 0 Å². The van der Waals surface area contributed by atoms with Gasteiger partial charge in [0.05, 0.1) is 0 Å². The van der Waals surface area contributed by atoms with E-state index in [9.17, 15) is 4.79 Å². The van der Waals surface area contributed by atoms with Crippen molar-refractivity contribution >= 4 is 0 Å². The zero-order chi connectivity index (χ0) is 12.1.